The first-order valence-electron chi connectivity index (χ1n) is 3.16. The summed E-state index contributed by atoms with van der Waals surface area (Å²) >= 11 is 0. The fraction of sp³-hybridized carbons (Fsp3) is 0.500. The quantitative estimate of drug-likeness (QED) is 0.403. The van der Waals surface area contributed by atoms with Gasteiger partial charge in [-0.15, -0.1) is 0 Å². The van der Waals surface area contributed by atoms with Gasteiger partial charge in [0.05, 0.1) is 6.10 Å². The third-order valence-electron chi connectivity index (χ3n) is 1.64. The second kappa shape index (κ2) is 3.40. The van der Waals surface area contributed by atoms with E-state index in [4.69, 9.17) is 20.4 Å². The van der Waals surface area contributed by atoms with Crippen molar-refractivity contribution in [3.63, 3.8) is 0 Å². The van der Waals surface area contributed by atoms with Crippen LogP contribution in [0.15, 0.2) is 0 Å². The molecule has 0 radical (unpaired) electrons. The Bertz CT molecular complexity index is 218. The van der Waals surface area contributed by atoms with Crippen LogP contribution in [0, 0.1) is 5.41 Å². The Balaban J connectivity index is 5.46. The molecule has 7 heteroatoms. The summed E-state index contributed by atoms with van der Waals surface area (Å²) < 4.78 is 0. The van der Waals surface area contributed by atoms with Crippen molar-refractivity contribution in [1.82, 2.24) is 0 Å². The Kier molecular flexibility index (Phi) is 2.97. The highest BCUT2D eigenvalue weighted by molar-refractivity contribution is 6.16. The summed E-state index contributed by atoms with van der Waals surface area (Å²) in [4.78, 5) is 31.3. The molecule has 0 aromatic rings. The minimum absolute atomic E-state index is 0.788. The van der Waals surface area contributed by atoms with E-state index in [1.807, 2.05) is 0 Å². The molecule has 0 heterocycles. The van der Waals surface area contributed by atoms with Gasteiger partial charge in [-0.25, -0.2) is 0 Å². The molecular formula is C6H8O7. The predicted molar refractivity (Wildman–Crippen MR) is 37.0 cm³/mol. The molecule has 1 unspecified atom stereocenters. The zero-order chi connectivity index (χ0) is 10.8. The molecule has 74 valence electrons. The lowest BCUT2D eigenvalue weighted by atomic mass is 9.83. The molecule has 0 aromatic carbocycles. The number of carboxylic acids is 3. The summed E-state index contributed by atoms with van der Waals surface area (Å²) in [5, 5.41) is 34.1. The highest BCUT2D eigenvalue weighted by atomic mass is 16.4. The van der Waals surface area contributed by atoms with Crippen molar-refractivity contribution in [2.45, 2.75) is 13.0 Å². The maximum Gasteiger partial charge on any atom is 0.335 e. The van der Waals surface area contributed by atoms with E-state index in [2.05, 4.69) is 0 Å². The maximum atomic E-state index is 10.4. The normalized spacial score (nSPS) is 13.4. The van der Waals surface area contributed by atoms with Crippen molar-refractivity contribution < 1.29 is 34.8 Å². The van der Waals surface area contributed by atoms with E-state index >= 15 is 0 Å². The Morgan fingerprint density at radius 3 is 1.23 bits per heavy atom. The molecule has 0 rings (SSSR count). The number of hydrogen-bond acceptors (Lipinski definition) is 4. The summed E-state index contributed by atoms with van der Waals surface area (Å²) in [5.41, 5.74) is -3.19. The van der Waals surface area contributed by atoms with Crippen LogP contribution in [-0.4, -0.2) is 44.4 Å². The molecule has 13 heavy (non-hydrogen) atoms. The Hall–Kier alpha value is -1.63. The SMILES string of the molecule is CC(O)C(C(=O)O)(C(=O)O)C(=O)O. The zero-order valence-corrected chi connectivity index (χ0v) is 6.59. The van der Waals surface area contributed by atoms with Crippen LogP contribution < -0.4 is 0 Å². The first kappa shape index (κ1) is 11.4. The number of hydrogen-bond donors (Lipinski definition) is 4. The summed E-state index contributed by atoms with van der Waals surface area (Å²) in [6.07, 6.45) is -2.03. The molecule has 0 amide bonds. The lowest BCUT2D eigenvalue weighted by molar-refractivity contribution is -0.183. The van der Waals surface area contributed by atoms with E-state index in [1.54, 1.807) is 0 Å². The zero-order valence-electron chi connectivity index (χ0n) is 6.59. The van der Waals surface area contributed by atoms with Gasteiger partial charge >= 0.3 is 17.9 Å². The van der Waals surface area contributed by atoms with Crippen LogP contribution in [0.3, 0.4) is 0 Å². The molecule has 0 saturated carbocycles. The van der Waals surface area contributed by atoms with Gasteiger partial charge in [0.2, 0.25) is 0 Å². The first-order valence-corrected chi connectivity index (χ1v) is 3.16. The van der Waals surface area contributed by atoms with E-state index in [1.165, 1.54) is 0 Å². The van der Waals surface area contributed by atoms with E-state index in [9.17, 15) is 14.4 Å². The Labute approximate surface area is 72.2 Å². The molecule has 0 aliphatic heterocycles. The van der Waals surface area contributed by atoms with Crippen LogP contribution in [0.2, 0.25) is 0 Å². The maximum absolute atomic E-state index is 10.4. The van der Waals surface area contributed by atoms with Crippen molar-refractivity contribution in [2.75, 3.05) is 0 Å². The molecule has 4 N–H and O–H groups in total. The minimum Gasteiger partial charge on any atom is -0.480 e. The van der Waals surface area contributed by atoms with Crippen LogP contribution in [0.5, 0.6) is 0 Å². The average Bonchev–Trinajstić information content (AvgIpc) is 1.82. The lowest BCUT2D eigenvalue weighted by Gasteiger charge is -2.22. The first-order chi connectivity index (χ1) is 5.77. The number of rotatable bonds is 4. The van der Waals surface area contributed by atoms with E-state index in [0.717, 1.165) is 6.92 Å². The highest BCUT2D eigenvalue weighted by Gasteiger charge is 2.58. The van der Waals surface area contributed by atoms with Gasteiger partial charge in [0, 0.05) is 0 Å². The molecular weight excluding hydrogens is 184 g/mol. The summed E-state index contributed by atoms with van der Waals surface area (Å²) in [6.45, 7) is 0.788. The highest BCUT2D eigenvalue weighted by Crippen LogP contribution is 2.23. The van der Waals surface area contributed by atoms with E-state index in [0.29, 0.717) is 0 Å². The monoisotopic (exact) mass is 192 g/mol. The van der Waals surface area contributed by atoms with Gasteiger partial charge in [-0.1, -0.05) is 0 Å². The fourth-order valence-electron chi connectivity index (χ4n) is 0.811. The van der Waals surface area contributed by atoms with Gasteiger partial charge < -0.3 is 20.4 Å². The van der Waals surface area contributed by atoms with Gasteiger partial charge in [0.1, 0.15) is 0 Å². The van der Waals surface area contributed by atoms with Crippen LogP contribution in [0.1, 0.15) is 6.92 Å². The number of carbonyl (C=O) groups is 3. The van der Waals surface area contributed by atoms with Gasteiger partial charge in [0.25, 0.3) is 5.41 Å². The second-order valence-corrected chi connectivity index (χ2v) is 2.40. The largest absolute Gasteiger partial charge is 0.480 e. The van der Waals surface area contributed by atoms with Gasteiger partial charge in [-0.05, 0) is 6.92 Å². The molecule has 0 saturated heterocycles. The van der Waals surface area contributed by atoms with Crippen LogP contribution in [0.25, 0.3) is 0 Å². The number of aliphatic hydroxyl groups excluding tert-OH is 1. The molecule has 0 aliphatic carbocycles. The molecule has 0 aromatic heterocycles. The average molecular weight is 192 g/mol. The van der Waals surface area contributed by atoms with E-state index in [-0.39, 0.29) is 0 Å². The molecule has 1 atom stereocenters. The molecule has 0 spiro atoms. The van der Waals surface area contributed by atoms with Crippen molar-refractivity contribution in [2.24, 2.45) is 5.41 Å². The summed E-state index contributed by atoms with van der Waals surface area (Å²) in [5.74, 6) is -6.33. The third-order valence-corrected chi connectivity index (χ3v) is 1.64. The Morgan fingerprint density at radius 1 is 1.00 bits per heavy atom. The standard InChI is InChI=1S/C6H8O7/c1-2(7)6(3(8)9,4(10)11)5(12)13/h2,7H,1H3,(H,8,9)(H,10,11)(H,12,13). The fourth-order valence-corrected chi connectivity index (χ4v) is 0.811. The van der Waals surface area contributed by atoms with Crippen LogP contribution >= 0.6 is 0 Å². The Morgan fingerprint density at radius 2 is 1.23 bits per heavy atom. The summed E-state index contributed by atoms with van der Waals surface area (Å²) in [6, 6.07) is 0. The van der Waals surface area contributed by atoms with Gasteiger partial charge in [0.15, 0.2) is 0 Å². The van der Waals surface area contributed by atoms with Gasteiger partial charge in [-0.2, -0.15) is 0 Å². The molecule has 0 fully saturated rings. The van der Waals surface area contributed by atoms with Crippen molar-refractivity contribution >= 4 is 17.9 Å². The van der Waals surface area contributed by atoms with Crippen LogP contribution in [0.4, 0.5) is 0 Å². The number of carboxylic acid groups (broad SMARTS) is 3. The minimum atomic E-state index is -3.19. The smallest absolute Gasteiger partial charge is 0.335 e. The van der Waals surface area contributed by atoms with Gasteiger partial charge in [-0.3, -0.25) is 14.4 Å². The number of aliphatic hydroxyl groups is 1. The number of aliphatic carboxylic acids is 3. The third kappa shape index (κ3) is 1.45. The van der Waals surface area contributed by atoms with Crippen molar-refractivity contribution in [3.8, 4) is 0 Å². The van der Waals surface area contributed by atoms with Crippen LogP contribution in [-0.2, 0) is 14.4 Å². The lowest BCUT2D eigenvalue weighted by Crippen LogP contribution is -2.53. The second-order valence-electron chi connectivity index (χ2n) is 2.40. The summed E-state index contributed by atoms with van der Waals surface area (Å²) in [7, 11) is 0. The molecule has 7 nitrogen and oxygen atoms in total. The topological polar surface area (TPSA) is 132 Å². The molecule has 0 bridgehead atoms. The van der Waals surface area contributed by atoms with Crippen molar-refractivity contribution in [1.29, 1.82) is 0 Å². The van der Waals surface area contributed by atoms with E-state index < -0.39 is 29.4 Å². The van der Waals surface area contributed by atoms with Crippen molar-refractivity contribution in [3.05, 3.63) is 0 Å². The predicted octanol–water partition coefficient (Wildman–Crippen LogP) is -1.39. The molecule has 0 aliphatic rings.